The van der Waals surface area contributed by atoms with E-state index >= 15 is 0 Å². The monoisotopic (exact) mass is 618 g/mol. The van der Waals surface area contributed by atoms with E-state index in [0.29, 0.717) is 23.2 Å². The fourth-order valence-electron chi connectivity index (χ4n) is 6.50. The first kappa shape index (κ1) is 31.5. The van der Waals surface area contributed by atoms with Gasteiger partial charge in [-0.25, -0.2) is 0 Å². The molecule has 0 saturated heterocycles. The fourth-order valence-corrected chi connectivity index (χ4v) is 16.1. The summed E-state index contributed by atoms with van der Waals surface area (Å²) in [4.78, 5) is 0. The molecule has 0 fully saturated rings. The highest BCUT2D eigenvalue weighted by atomic mass is 79.9. The van der Waals surface area contributed by atoms with E-state index < -0.39 is 15.6 Å². The van der Waals surface area contributed by atoms with E-state index in [4.69, 9.17) is 4.43 Å². The Morgan fingerprint density at radius 3 is 1.31 bits per heavy atom. The van der Waals surface area contributed by atoms with Crippen LogP contribution in [0.15, 0.2) is 115 Å². The van der Waals surface area contributed by atoms with Crippen LogP contribution in [-0.4, -0.2) is 8.32 Å². The smallest absolute Gasteiger partial charge is 0.200 e. The average Bonchev–Trinajstić information content (AvgIpc) is 2.93. The molecule has 4 heteroatoms. The maximum Gasteiger partial charge on any atom is 0.200 e. The highest BCUT2D eigenvalue weighted by Gasteiger charge is 2.46. The predicted octanol–water partition coefficient (Wildman–Crippen LogP) is 5.88. The Balaban J connectivity index is 0.00000420. The molecule has 0 radical (unpaired) electrons. The number of hydrogen-bond donors (Lipinski definition) is 0. The molecule has 4 rings (SSSR count). The van der Waals surface area contributed by atoms with Crippen LogP contribution in [-0.2, 0) is 17.2 Å². The van der Waals surface area contributed by atoms with Crippen molar-refractivity contribution in [2.24, 2.45) is 0 Å². The predicted molar refractivity (Wildman–Crippen MR) is 171 cm³/mol. The summed E-state index contributed by atoms with van der Waals surface area (Å²) >= 11 is 0. The van der Waals surface area contributed by atoms with Crippen molar-refractivity contribution in [3.8, 4) is 0 Å². The van der Waals surface area contributed by atoms with Gasteiger partial charge in [-0.05, 0) is 64.1 Å². The average molecular weight is 620 g/mol. The highest BCUT2D eigenvalue weighted by Crippen LogP contribution is 2.58. The van der Waals surface area contributed by atoms with Gasteiger partial charge in [0.2, 0.25) is 8.32 Å². The standard InChI is InChI=1S/C35H44OPSi.BrH/c1-28(2)38(29(3)4,30(5)6)36-26-31-22-24-35(25-23-31)37(33-18-12-8-13-19-33,34-20-14-9-15-21-34)27-32-16-10-7-11-17-32;/h7-25,28-30H,26-27H2,1-6H3;1H/q+1;/p-1. The summed E-state index contributed by atoms with van der Waals surface area (Å²) in [6.45, 7) is 14.8. The Bertz CT molecular complexity index is 1200. The fraction of sp³-hybridized carbons (Fsp3) is 0.314. The van der Waals surface area contributed by atoms with Crippen molar-refractivity contribution in [3.63, 3.8) is 0 Å². The lowest BCUT2D eigenvalue weighted by Crippen LogP contribution is -3.00. The quantitative estimate of drug-likeness (QED) is 0.151. The maximum absolute atomic E-state index is 6.94. The van der Waals surface area contributed by atoms with E-state index in [1.807, 2.05) is 0 Å². The summed E-state index contributed by atoms with van der Waals surface area (Å²) in [5, 5.41) is 4.26. The van der Waals surface area contributed by atoms with E-state index in [-0.39, 0.29) is 17.0 Å². The number of hydrogen-bond acceptors (Lipinski definition) is 1. The van der Waals surface area contributed by atoms with E-state index in [0.717, 1.165) is 6.16 Å². The van der Waals surface area contributed by atoms with Crippen LogP contribution >= 0.6 is 7.26 Å². The molecule has 0 heterocycles. The number of halogens is 1. The summed E-state index contributed by atoms with van der Waals surface area (Å²) in [6, 6.07) is 42.7. The van der Waals surface area contributed by atoms with Crippen LogP contribution in [0.1, 0.15) is 52.7 Å². The molecule has 0 saturated carbocycles. The minimum atomic E-state index is -1.93. The molecule has 0 aromatic heterocycles. The maximum atomic E-state index is 6.94. The van der Waals surface area contributed by atoms with E-state index in [1.165, 1.54) is 27.0 Å². The minimum Gasteiger partial charge on any atom is -1.00 e. The lowest BCUT2D eigenvalue weighted by atomic mass is 10.2. The van der Waals surface area contributed by atoms with E-state index in [1.54, 1.807) is 0 Å². The van der Waals surface area contributed by atoms with Crippen LogP contribution in [0.2, 0.25) is 16.6 Å². The minimum absolute atomic E-state index is 0. The molecule has 0 bridgehead atoms. The second-order valence-electron chi connectivity index (χ2n) is 11.4. The lowest BCUT2D eigenvalue weighted by molar-refractivity contribution is -0.00000841. The molecule has 0 aliphatic carbocycles. The normalized spacial score (nSPS) is 12.1. The van der Waals surface area contributed by atoms with Crippen molar-refractivity contribution >= 4 is 31.5 Å². The zero-order chi connectivity index (χ0) is 27.2. The topological polar surface area (TPSA) is 9.23 Å². The van der Waals surface area contributed by atoms with E-state index in [9.17, 15) is 0 Å². The molecule has 0 amide bonds. The van der Waals surface area contributed by atoms with Gasteiger partial charge in [0.15, 0.2) is 0 Å². The first-order valence-electron chi connectivity index (χ1n) is 14.1. The van der Waals surface area contributed by atoms with Crippen LogP contribution in [0.25, 0.3) is 0 Å². The Kier molecular flexibility index (Phi) is 11.3. The van der Waals surface area contributed by atoms with Crippen molar-refractivity contribution in [3.05, 3.63) is 126 Å². The molecular formula is C35H44BrOPSi. The molecule has 39 heavy (non-hydrogen) atoms. The third-order valence-electron chi connectivity index (χ3n) is 8.23. The molecule has 0 aliphatic heterocycles. The third-order valence-corrected chi connectivity index (χ3v) is 18.7. The third kappa shape index (κ3) is 6.65. The van der Waals surface area contributed by atoms with Gasteiger partial charge in [0, 0.05) is 0 Å². The van der Waals surface area contributed by atoms with Gasteiger partial charge in [-0.1, -0.05) is 120 Å². The van der Waals surface area contributed by atoms with Gasteiger partial charge in [-0.2, -0.15) is 0 Å². The summed E-state index contributed by atoms with van der Waals surface area (Å²) in [5.41, 5.74) is 4.40. The Morgan fingerprint density at radius 2 is 0.897 bits per heavy atom. The van der Waals surface area contributed by atoms with Crippen LogP contribution in [0.3, 0.4) is 0 Å². The molecule has 0 unspecified atom stereocenters. The molecule has 0 spiro atoms. The lowest BCUT2D eigenvalue weighted by Gasteiger charge is -2.42. The highest BCUT2D eigenvalue weighted by molar-refractivity contribution is 7.95. The number of benzene rings is 4. The SMILES string of the molecule is CC(C)[Si](OCc1ccc([P+](Cc2ccccc2)(c2ccccc2)c2ccccc2)cc1)(C(C)C)C(C)C.[Br-]. The van der Waals surface area contributed by atoms with Gasteiger partial charge in [-0.15, -0.1) is 0 Å². The second kappa shape index (κ2) is 14.0. The molecule has 4 aromatic rings. The van der Waals surface area contributed by atoms with Crippen LogP contribution in [0, 0.1) is 0 Å². The summed E-state index contributed by atoms with van der Waals surface area (Å²) in [6.07, 6.45) is 1.00. The molecular weight excluding hydrogens is 575 g/mol. The zero-order valence-electron chi connectivity index (χ0n) is 24.3. The summed E-state index contributed by atoms with van der Waals surface area (Å²) < 4.78 is 6.94. The van der Waals surface area contributed by atoms with Crippen molar-refractivity contribution in [1.82, 2.24) is 0 Å². The Hall–Kier alpha value is -2.03. The second-order valence-corrected chi connectivity index (χ2v) is 20.3. The van der Waals surface area contributed by atoms with Gasteiger partial charge >= 0.3 is 0 Å². The summed E-state index contributed by atoms with van der Waals surface area (Å²) in [7, 11) is -3.84. The van der Waals surface area contributed by atoms with Gasteiger partial charge in [0.25, 0.3) is 0 Å². The molecule has 0 atom stereocenters. The molecule has 206 valence electrons. The Labute approximate surface area is 249 Å². The number of rotatable bonds is 11. The van der Waals surface area contributed by atoms with Crippen molar-refractivity contribution in [2.75, 3.05) is 0 Å². The molecule has 4 aromatic carbocycles. The molecule has 1 nitrogen and oxygen atoms in total. The first-order valence-corrected chi connectivity index (χ1v) is 18.2. The Morgan fingerprint density at radius 1 is 0.513 bits per heavy atom. The largest absolute Gasteiger partial charge is 1.00 e. The van der Waals surface area contributed by atoms with Crippen LogP contribution in [0.4, 0.5) is 0 Å². The van der Waals surface area contributed by atoms with Gasteiger partial charge in [-0.3, -0.25) is 0 Å². The zero-order valence-corrected chi connectivity index (χ0v) is 27.8. The molecule has 0 aliphatic rings. The first-order chi connectivity index (χ1) is 18.3. The van der Waals surface area contributed by atoms with Gasteiger partial charge in [0.1, 0.15) is 23.2 Å². The van der Waals surface area contributed by atoms with Crippen LogP contribution in [0.5, 0.6) is 0 Å². The van der Waals surface area contributed by atoms with Gasteiger partial charge < -0.3 is 21.4 Å². The van der Waals surface area contributed by atoms with Crippen molar-refractivity contribution in [1.29, 1.82) is 0 Å². The van der Waals surface area contributed by atoms with Crippen LogP contribution < -0.4 is 32.9 Å². The molecule has 0 N–H and O–H groups in total. The van der Waals surface area contributed by atoms with Crippen molar-refractivity contribution in [2.45, 2.75) is 70.9 Å². The van der Waals surface area contributed by atoms with E-state index in [2.05, 4.69) is 157 Å². The van der Waals surface area contributed by atoms with Crippen molar-refractivity contribution < 1.29 is 21.4 Å². The summed E-state index contributed by atoms with van der Waals surface area (Å²) in [5.74, 6) is 0. The van der Waals surface area contributed by atoms with Gasteiger partial charge in [0.05, 0.1) is 12.8 Å².